The number of hydrogen-bond donors (Lipinski definition) is 4. The summed E-state index contributed by atoms with van der Waals surface area (Å²) in [4.78, 5) is 44.9. The van der Waals surface area contributed by atoms with Gasteiger partial charge in [-0.3, -0.25) is 19.2 Å². The molecule has 21 heavy (non-hydrogen) atoms. The van der Waals surface area contributed by atoms with E-state index in [9.17, 15) is 19.2 Å². The van der Waals surface area contributed by atoms with E-state index in [1.807, 2.05) is 0 Å². The van der Waals surface area contributed by atoms with E-state index in [0.29, 0.717) is 0 Å². The number of primary amides is 1. The molecule has 8 nitrogen and oxygen atoms in total. The lowest BCUT2D eigenvalue weighted by molar-refractivity contribution is -0.139. The van der Waals surface area contributed by atoms with E-state index in [1.54, 1.807) is 12.1 Å². The van der Waals surface area contributed by atoms with Crippen LogP contribution in [0.2, 0.25) is 0 Å². The molecule has 0 aliphatic carbocycles. The van der Waals surface area contributed by atoms with E-state index in [2.05, 4.69) is 10.6 Å². The SMILES string of the molecule is CC(=O)Nc1ccccc1C(=O)N[C@@H](CC(=O)O)C(N)=O. The van der Waals surface area contributed by atoms with Gasteiger partial charge in [-0.1, -0.05) is 12.1 Å². The highest BCUT2D eigenvalue weighted by Crippen LogP contribution is 2.15. The minimum Gasteiger partial charge on any atom is -0.481 e. The summed E-state index contributed by atoms with van der Waals surface area (Å²) in [5.74, 6) is -3.30. The predicted molar refractivity (Wildman–Crippen MR) is 73.4 cm³/mol. The van der Waals surface area contributed by atoms with E-state index in [0.717, 1.165) is 0 Å². The van der Waals surface area contributed by atoms with Crippen molar-refractivity contribution in [3.05, 3.63) is 29.8 Å². The maximum Gasteiger partial charge on any atom is 0.305 e. The Morgan fingerprint density at radius 3 is 2.38 bits per heavy atom. The molecule has 112 valence electrons. The van der Waals surface area contributed by atoms with Crippen LogP contribution in [0.25, 0.3) is 0 Å². The lowest BCUT2D eigenvalue weighted by atomic mass is 10.1. The van der Waals surface area contributed by atoms with E-state index in [1.165, 1.54) is 19.1 Å². The molecule has 1 rings (SSSR count). The third-order valence-electron chi connectivity index (χ3n) is 2.51. The van der Waals surface area contributed by atoms with Crippen LogP contribution >= 0.6 is 0 Å². The van der Waals surface area contributed by atoms with Gasteiger partial charge in [0.05, 0.1) is 17.7 Å². The molecule has 0 fully saturated rings. The van der Waals surface area contributed by atoms with Crippen molar-refractivity contribution in [1.29, 1.82) is 0 Å². The van der Waals surface area contributed by atoms with E-state index in [-0.39, 0.29) is 17.2 Å². The first kappa shape index (κ1) is 16.2. The Morgan fingerprint density at radius 1 is 1.24 bits per heavy atom. The first-order valence-electron chi connectivity index (χ1n) is 6.00. The highest BCUT2D eigenvalue weighted by molar-refractivity contribution is 6.05. The van der Waals surface area contributed by atoms with Crippen molar-refractivity contribution in [2.45, 2.75) is 19.4 Å². The van der Waals surface area contributed by atoms with Crippen LogP contribution in [0.4, 0.5) is 5.69 Å². The van der Waals surface area contributed by atoms with Crippen LogP contribution in [0.5, 0.6) is 0 Å². The highest BCUT2D eigenvalue weighted by atomic mass is 16.4. The topological polar surface area (TPSA) is 139 Å². The predicted octanol–water partition coefficient (Wildman–Crippen LogP) is -0.297. The lowest BCUT2D eigenvalue weighted by Gasteiger charge is -2.15. The average molecular weight is 293 g/mol. The van der Waals surface area contributed by atoms with Gasteiger partial charge in [-0.25, -0.2) is 0 Å². The third-order valence-corrected chi connectivity index (χ3v) is 2.51. The van der Waals surface area contributed by atoms with Crippen LogP contribution in [0.1, 0.15) is 23.7 Å². The molecule has 0 bridgehead atoms. The number of nitrogens with one attached hydrogen (secondary N) is 2. The summed E-state index contributed by atoms with van der Waals surface area (Å²) < 4.78 is 0. The number of carbonyl (C=O) groups excluding carboxylic acids is 3. The second kappa shape index (κ2) is 7.04. The zero-order chi connectivity index (χ0) is 16.0. The van der Waals surface area contributed by atoms with Crippen molar-refractivity contribution in [1.82, 2.24) is 5.32 Å². The maximum atomic E-state index is 12.1. The Kier molecular flexibility index (Phi) is 5.41. The molecular weight excluding hydrogens is 278 g/mol. The minimum atomic E-state index is -1.33. The van der Waals surface area contributed by atoms with Crippen LogP contribution in [-0.2, 0) is 14.4 Å². The van der Waals surface area contributed by atoms with Crippen LogP contribution in [0.15, 0.2) is 24.3 Å². The number of anilines is 1. The second-order valence-electron chi connectivity index (χ2n) is 4.25. The van der Waals surface area contributed by atoms with Crippen LogP contribution in [0, 0.1) is 0 Å². The van der Waals surface area contributed by atoms with Crippen LogP contribution < -0.4 is 16.4 Å². The molecule has 1 aromatic rings. The number of nitrogens with two attached hydrogens (primary N) is 1. The fourth-order valence-corrected chi connectivity index (χ4v) is 1.61. The third kappa shape index (κ3) is 4.94. The molecular formula is C13H15N3O5. The molecule has 5 N–H and O–H groups in total. The normalized spacial score (nSPS) is 11.3. The van der Waals surface area contributed by atoms with Crippen molar-refractivity contribution in [2.75, 3.05) is 5.32 Å². The zero-order valence-corrected chi connectivity index (χ0v) is 11.3. The van der Waals surface area contributed by atoms with Gasteiger partial charge in [-0.15, -0.1) is 0 Å². The molecule has 0 aromatic heterocycles. The lowest BCUT2D eigenvalue weighted by Crippen LogP contribution is -2.45. The van der Waals surface area contributed by atoms with E-state index < -0.39 is 30.2 Å². The number of hydrogen-bond acceptors (Lipinski definition) is 4. The van der Waals surface area contributed by atoms with Crippen molar-refractivity contribution in [2.24, 2.45) is 5.73 Å². The van der Waals surface area contributed by atoms with Gasteiger partial charge in [0.25, 0.3) is 5.91 Å². The molecule has 0 aliphatic heterocycles. The number of rotatable bonds is 6. The quantitative estimate of drug-likeness (QED) is 0.570. The van der Waals surface area contributed by atoms with E-state index >= 15 is 0 Å². The molecule has 0 radical (unpaired) electrons. The number of amides is 3. The molecule has 3 amide bonds. The summed E-state index contributed by atoms with van der Waals surface area (Å²) >= 11 is 0. The second-order valence-corrected chi connectivity index (χ2v) is 4.25. The number of aliphatic carboxylic acids is 1. The number of carboxylic acid groups (broad SMARTS) is 1. The Hall–Kier alpha value is -2.90. The monoisotopic (exact) mass is 293 g/mol. The van der Waals surface area contributed by atoms with Crippen molar-refractivity contribution < 1.29 is 24.3 Å². The van der Waals surface area contributed by atoms with Crippen molar-refractivity contribution >= 4 is 29.4 Å². The average Bonchev–Trinajstić information content (AvgIpc) is 2.37. The van der Waals surface area contributed by atoms with Gasteiger partial charge >= 0.3 is 5.97 Å². The molecule has 0 unspecified atom stereocenters. The van der Waals surface area contributed by atoms with E-state index in [4.69, 9.17) is 10.8 Å². The summed E-state index contributed by atoms with van der Waals surface area (Å²) in [6.45, 7) is 1.28. The largest absolute Gasteiger partial charge is 0.481 e. The standard InChI is InChI=1S/C13H15N3O5/c1-7(17)15-9-5-3-2-4-8(9)13(21)16-10(12(14)20)6-11(18)19/h2-5,10H,6H2,1H3,(H2,14,20)(H,15,17)(H,16,21)(H,18,19)/t10-/m0/s1. The molecule has 0 aliphatic rings. The van der Waals surface area contributed by atoms with Crippen LogP contribution in [-0.4, -0.2) is 34.8 Å². The summed E-state index contributed by atoms with van der Waals surface area (Å²) in [7, 11) is 0. The Bertz CT molecular complexity index is 585. The summed E-state index contributed by atoms with van der Waals surface area (Å²) in [6, 6.07) is 4.79. The maximum absolute atomic E-state index is 12.1. The Morgan fingerprint density at radius 2 is 1.86 bits per heavy atom. The molecule has 0 heterocycles. The number of carbonyl (C=O) groups is 4. The molecule has 0 saturated carbocycles. The molecule has 1 atom stereocenters. The van der Waals surface area contributed by atoms with Crippen LogP contribution in [0.3, 0.4) is 0 Å². The Balaban J connectivity index is 2.94. The van der Waals surface area contributed by atoms with Gasteiger partial charge in [0, 0.05) is 6.92 Å². The minimum absolute atomic E-state index is 0.101. The first-order valence-corrected chi connectivity index (χ1v) is 6.00. The smallest absolute Gasteiger partial charge is 0.305 e. The van der Waals surface area contributed by atoms with Gasteiger partial charge in [-0.2, -0.15) is 0 Å². The summed E-state index contributed by atoms with van der Waals surface area (Å²) in [5.41, 5.74) is 5.40. The molecule has 1 aromatic carbocycles. The fraction of sp³-hybridized carbons (Fsp3) is 0.231. The first-order chi connectivity index (χ1) is 9.81. The molecule has 0 spiro atoms. The summed E-state index contributed by atoms with van der Waals surface area (Å²) in [6.07, 6.45) is -0.622. The zero-order valence-electron chi connectivity index (χ0n) is 11.3. The number of carboxylic acids is 1. The van der Waals surface area contributed by atoms with Gasteiger partial charge in [0.15, 0.2) is 0 Å². The number of benzene rings is 1. The highest BCUT2D eigenvalue weighted by Gasteiger charge is 2.23. The Labute approximate surface area is 120 Å². The van der Waals surface area contributed by atoms with Gasteiger partial charge < -0.3 is 21.5 Å². The van der Waals surface area contributed by atoms with Crippen molar-refractivity contribution in [3.63, 3.8) is 0 Å². The number of para-hydroxylation sites is 1. The fourth-order valence-electron chi connectivity index (χ4n) is 1.61. The van der Waals surface area contributed by atoms with Gasteiger partial charge in [-0.05, 0) is 12.1 Å². The molecule has 8 heteroatoms. The van der Waals surface area contributed by atoms with Gasteiger partial charge in [0.1, 0.15) is 6.04 Å². The van der Waals surface area contributed by atoms with Crippen molar-refractivity contribution in [3.8, 4) is 0 Å². The summed E-state index contributed by atoms with van der Waals surface area (Å²) in [5, 5.41) is 13.4. The van der Waals surface area contributed by atoms with Gasteiger partial charge in [0.2, 0.25) is 11.8 Å². The molecule has 0 saturated heterocycles.